The summed E-state index contributed by atoms with van der Waals surface area (Å²) in [5.41, 5.74) is 0.257. The van der Waals surface area contributed by atoms with Crippen LogP contribution in [0.4, 0.5) is 8.78 Å². The van der Waals surface area contributed by atoms with E-state index in [2.05, 4.69) is 31.3 Å². The first kappa shape index (κ1) is 85.3. The molecule has 564 valence electrons. The number of ketones is 1. The van der Waals surface area contributed by atoms with Crippen molar-refractivity contribution in [2.75, 3.05) is 75.5 Å². The van der Waals surface area contributed by atoms with Gasteiger partial charge in [0.1, 0.15) is 53.6 Å². The zero-order chi connectivity index (χ0) is 76.1. The van der Waals surface area contributed by atoms with Crippen molar-refractivity contribution in [1.29, 1.82) is 0 Å². The monoisotopic (exact) mass is 1420 g/mol. The van der Waals surface area contributed by atoms with Crippen LogP contribution in [0.5, 0.6) is 5.75 Å². The molecular weight excluding hydrogens is 1310 g/mol. The fourth-order valence-corrected chi connectivity index (χ4v) is 12.7. The van der Waals surface area contributed by atoms with Crippen molar-refractivity contribution < 1.29 is 76.2 Å². The number of carbonyl (C=O) groups excluding carboxylic acids is 12. The number of Topliss-reactive ketones (excluding diaryl/α,β-unsaturated/α-hetero) is 1. The molecule has 2 aromatic rings. The summed E-state index contributed by atoms with van der Waals surface area (Å²) in [6.45, 7) is 15.9. The summed E-state index contributed by atoms with van der Waals surface area (Å²) in [6, 6.07) is 4.74. The summed E-state index contributed by atoms with van der Waals surface area (Å²) in [6.07, 6.45) is 1.36. The Kier molecular flexibility index (Phi) is 33.2. The van der Waals surface area contributed by atoms with Gasteiger partial charge in [-0.05, 0) is 105 Å². The zero-order valence-electron chi connectivity index (χ0n) is 62.6. The second-order valence-corrected chi connectivity index (χ2v) is 29.1. The molecular formula is C73H114F2N12O14. The number of amides is 11. The minimum Gasteiger partial charge on any atom is -0.435 e. The quantitative estimate of drug-likeness (QED) is 0.0555. The number of aliphatic hydroxyl groups is 1. The van der Waals surface area contributed by atoms with Gasteiger partial charge in [0.2, 0.25) is 65.0 Å². The molecule has 4 rings (SSSR count). The number of rotatable bonds is 39. The molecule has 101 heavy (non-hydrogen) atoms. The molecule has 1 aliphatic carbocycles. The molecule has 11 amide bonds. The van der Waals surface area contributed by atoms with Gasteiger partial charge in [0.15, 0.2) is 5.78 Å². The number of benzene rings is 2. The summed E-state index contributed by atoms with van der Waals surface area (Å²) < 4.78 is 30.6. The Morgan fingerprint density at radius 3 is 1.59 bits per heavy atom. The van der Waals surface area contributed by atoms with E-state index in [-0.39, 0.29) is 61.4 Å². The van der Waals surface area contributed by atoms with E-state index in [1.165, 1.54) is 93.1 Å². The normalized spacial score (nSPS) is 17.4. The van der Waals surface area contributed by atoms with Crippen LogP contribution < -0.4 is 31.3 Å². The van der Waals surface area contributed by atoms with E-state index in [1.807, 2.05) is 78.8 Å². The van der Waals surface area contributed by atoms with Gasteiger partial charge in [-0.3, -0.25) is 57.5 Å². The molecule has 1 saturated carbocycles. The molecule has 2 fully saturated rings. The first-order chi connectivity index (χ1) is 47.3. The Labute approximate surface area is 595 Å². The number of ether oxygens (including phenoxy) is 1. The average molecular weight is 1420 g/mol. The van der Waals surface area contributed by atoms with E-state index in [1.54, 1.807) is 32.7 Å². The predicted molar refractivity (Wildman–Crippen MR) is 377 cm³/mol. The number of likely N-dealkylation sites (tertiary alicyclic amines) is 1. The average Bonchev–Trinajstić information content (AvgIpc) is 1.59. The Morgan fingerprint density at radius 1 is 0.574 bits per heavy atom. The highest BCUT2D eigenvalue weighted by atomic mass is 19.3. The second-order valence-electron chi connectivity index (χ2n) is 29.1. The fourth-order valence-electron chi connectivity index (χ4n) is 12.7. The zero-order valence-corrected chi connectivity index (χ0v) is 62.6. The first-order valence-electron chi connectivity index (χ1n) is 35.3. The maximum atomic E-state index is 14.9. The van der Waals surface area contributed by atoms with Crippen LogP contribution in [-0.2, 0) is 70.4 Å². The number of halogens is 2. The summed E-state index contributed by atoms with van der Waals surface area (Å²) >= 11 is 0. The number of likely N-dealkylation sites (N-methyl/N-ethyl adjacent to an activating group) is 7. The molecule has 28 heteroatoms. The molecule has 0 aromatic heterocycles. The van der Waals surface area contributed by atoms with Gasteiger partial charge in [0.25, 0.3) is 0 Å². The van der Waals surface area contributed by atoms with Crippen LogP contribution in [0.3, 0.4) is 0 Å². The third kappa shape index (κ3) is 24.5. The van der Waals surface area contributed by atoms with Gasteiger partial charge < -0.3 is 70.7 Å². The minimum atomic E-state index is -3.07. The molecule has 6 N–H and O–H groups in total. The third-order valence-electron chi connectivity index (χ3n) is 19.1. The van der Waals surface area contributed by atoms with Gasteiger partial charge in [-0.1, -0.05) is 118 Å². The van der Waals surface area contributed by atoms with Gasteiger partial charge in [-0.15, -0.1) is 0 Å². The fraction of sp³-hybridized carbons (Fsp3) is 0.671. The van der Waals surface area contributed by atoms with Crippen molar-refractivity contribution in [3.05, 3.63) is 65.7 Å². The molecule has 1 heterocycles. The summed E-state index contributed by atoms with van der Waals surface area (Å²) in [4.78, 5) is 180. The van der Waals surface area contributed by atoms with E-state index >= 15 is 0 Å². The Hall–Kier alpha value is -8.14. The summed E-state index contributed by atoms with van der Waals surface area (Å²) in [7, 11) is 9.96. The van der Waals surface area contributed by atoms with Crippen molar-refractivity contribution in [3.63, 3.8) is 0 Å². The lowest BCUT2D eigenvalue weighted by Gasteiger charge is -2.36. The number of aliphatic hydroxyl groups excluding tert-OH is 1. The van der Waals surface area contributed by atoms with Crippen LogP contribution in [-0.4, -0.2) is 252 Å². The maximum Gasteiger partial charge on any atom is 0.387 e. The van der Waals surface area contributed by atoms with Gasteiger partial charge in [-0.25, -0.2) is 0 Å². The molecule has 2 aromatic carbocycles. The number of carbonyl (C=O) groups is 12. The Bertz CT molecular complexity index is 3150. The molecule has 0 radical (unpaired) electrons. The van der Waals surface area contributed by atoms with Crippen LogP contribution in [0, 0.1) is 29.6 Å². The summed E-state index contributed by atoms with van der Waals surface area (Å²) in [5, 5.41) is 25.1. The van der Waals surface area contributed by atoms with Gasteiger partial charge in [0, 0.05) is 74.6 Å². The topological polar surface area (TPSA) is 317 Å². The van der Waals surface area contributed by atoms with Crippen molar-refractivity contribution in [2.24, 2.45) is 29.6 Å². The lowest BCUT2D eigenvalue weighted by molar-refractivity contribution is -0.148. The molecule has 0 bridgehead atoms. The number of nitrogens with one attached hydrogen (secondary N) is 5. The molecule has 1 aliphatic heterocycles. The van der Waals surface area contributed by atoms with Crippen molar-refractivity contribution in [2.45, 2.75) is 213 Å². The van der Waals surface area contributed by atoms with E-state index in [0.29, 0.717) is 44.3 Å². The molecule has 0 unspecified atom stereocenters. The van der Waals surface area contributed by atoms with E-state index in [4.69, 9.17) is 0 Å². The SMILES string of the molecule is CC[C@H](C)[C@H](NC(=O)[C@H](CC(C)C)N(C)C(=O)CN(C)C(=O)C[C@H](NC(=O)[C@H](C(C)C)N(C)C(=O)[C@H](Cc1ccc(OC(F)F)cc1)NC(=O)[C@H](CC(C)C)NC)C(=O)N1CCCCC1)C(=O)N(C)[C@@H](CC(C)C)C(=O)N[C@H](C(=O)N(C)CC(=O)N(C)[C@@]1(Cc2ccccc2)CC1=O)[C@@H](C)O. The Balaban J connectivity index is 1.54. The number of nitrogens with zero attached hydrogens (tertiary/aromatic N) is 7. The highest BCUT2D eigenvalue weighted by Crippen LogP contribution is 2.40. The lowest BCUT2D eigenvalue weighted by atomic mass is 9.94. The van der Waals surface area contributed by atoms with Crippen LogP contribution >= 0.6 is 0 Å². The van der Waals surface area contributed by atoms with Crippen LogP contribution in [0.1, 0.15) is 145 Å². The second kappa shape index (κ2) is 39.3. The van der Waals surface area contributed by atoms with Crippen molar-refractivity contribution in [1.82, 2.24) is 60.9 Å². The van der Waals surface area contributed by atoms with Gasteiger partial charge >= 0.3 is 6.61 Å². The van der Waals surface area contributed by atoms with Crippen LogP contribution in [0.25, 0.3) is 0 Å². The highest BCUT2D eigenvalue weighted by molar-refractivity contribution is 6.08. The Morgan fingerprint density at radius 2 is 1.10 bits per heavy atom. The van der Waals surface area contributed by atoms with E-state index in [9.17, 15) is 71.4 Å². The predicted octanol–water partition coefficient (Wildman–Crippen LogP) is 3.79. The number of alkyl halides is 2. The summed E-state index contributed by atoms with van der Waals surface area (Å²) in [5.74, 6) is -9.20. The van der Waals surface area contributed by atoms with Crippen molar-refractivity contribution >= 4 is 70.8 Å². The highest BCUT2D eigenvalue weighted by Gasteiger charge is 2.58. The molecule has 1 saturated heterocycles. The van der Waals surface area contributed by atoms with Gasteiger partial charge in [0.05, 0.1) is 31.7 Å². The molecule has 26 nitrogen and oxygen atoms in total. The third-order valence-corrected chi connectivity index (χ3v) is 19.1. The van der Waals surface area contributed by atoms with Crippen LogP contribution in [0.15, 0.2) is 54.6 Å². The van der Waals surface area contributed by atoms with Gasteiger partial charge in [-0.2, -0.15) is 8.78 Å². The van der Waals surface area contributed by atoms with Crippen molar-refractivity contribution in [3.8, 4) is 5.75 Å². The van der Waals surface area contributed by atoms with Crippen LogP contribution in [0.2, 0.25) is 0 Å². The maximum absolute atomic E-state index is 14.9. The number of hydrogen-bond acceptors (Lipinski definition) is 15. The lowest BCUT2D eigenvalue weighted by Crippen LogP contribution is -2.61. The smallest absolute Gasteiger partial charge is 0.387 e. The van der Waals surface area contributed by atoms with E-state index in [0.717, 1.165) is 21.8 Å². The number of hydrogen-bond donors (Lipinski definition) is 6. The largest absolute Gasteiger partial charge is 0.435 e. The molecule has 2 aliphatic rings. The molecule has 0 spiro atoms. The molecule has 11 atom stereocenters. The minimum absolute atomic E-state index is 0.0769. The first-order valence-corrected chi connectivity index (χ1v) is 35.3. The number of piperidine rings is 1. The standard InChI is InChI=1S/C73H114F2N12O14/c1-19-47(10)61(71(100)84(16)56(36-45(6)7)66(95)80-62(48(11)88)70(99)82(14)42-60(92)86(18)73(40-57(73)89)39-50-26-22-20-23-27-50)79-65(94)55(35-44(4)5)83(15)59(91)41-81(13)58(90)38-54(69(98)87-32-24-21-25-33-87)78-67(96)63(46(8)9)85(17)68(97)53(77-64(93)52(76-12)34-43(2)3)37-49-28-30-51(31-29-49)101-72(74)75/h20,22-23,26-31,43-48,52-56,61-63,72,76,88H,19,21,24-25,32-42H2,1-18H3,(H,77,93)(H,78,96)(H,79,94)(H,80,95)/t47-,48+,52-,53-,54-,55-,56-,61-,62-,63-,73-/m0/s1. The van der Waals surface area contributed by atoms with E-state index < -0.39 is 163 Å².